The molecule has 28 heavy (non-hydrogen) atoms. The van der Waals surface area contributed by atoms with Crippen LogP contribution in [-0.4, -0.2) is 0 Å². The highest BCUT2D eigenvalue weighted by Gasteiger charge is 2.21. The molecule has 0 unspecified atom stereocenters. The van der Waals surface area contributed by atoms with E-state index >= 15 is 0 Å². The predicted molar refractivity (Wildman–Crippen MR) is 119 cm³/mol. The molecule has 2 heterocycles. The molecule has 2 N–H and O–H groups in total. The number of benzene rings is 3. The van der Waals surface area contributed by atoms with Crippen molar-refractivity contribution >= 4 is 47.8 Å². The van der Waals surface area contributed by atoms with E-state index < -0.39 is 0 Å². The lowest BCUT2D eigenvalue weighted by molar-refractivity contribution is 0.487. The third-order valence-electron chi connectivity index (χ3n) is 4.43. The average molecular weight is 404 g/mol. The van der Waals surface area contributed by atoms with Crippen LogP contribution in [0.3, 0.4) is 0 Å². The van der Waals surface area contributed by atoms with Crippen LogP contribution in [0.4, 0.5) is 5.00 Å². The number of ether oxygens (including phenoxy) is 2. The Bertz CT molecular complexity index is 1120. The maximum atomic E-state index is 6.34. The Balaban J connectivity index is 1.77. The van der Waals surface area contributed by atoms with Gasteiger partial charge in [-0.1, -0.05) is 36.4 Å². The Morgan fingerprint density at radius 3 is 1.75 bits per heavy atom. The van der Waals surface area contributed by atoms with E-state index in [0.717, 1.165) is 48.2 Å². The second-order valence-corrected chi connectivity index (χ2v) is 8.82. The lowest BCUT2D eigenvalue weighted by Crippen LogP contribution is -1.89. The molecule has 5 aromatic rings. The summed E-state index contributed by atoms with van der Waals surface area (Å²) in [4.78, 5) is 1.21. The van der Waals surface area contributed by atoms with Crippen molar-refractivity contribution in [2.75, 3.05) is 5.73 Å². The summed E-state index contributed by atoms with van der Waals surface area (Å²) < 4.78 is 14.8. The van der Waals surface area contributed by atoms with E-state index in [1.54, 1.807) is 11.3 Å². The first-order valence-electron chi connectivity index (χ1n) is 8.90. The Morgan fingerprint density at radius 1 is 0.679 bits per heavy atom. The third-order valence-corrected chi connectivity index (χ3v) is 6.45. The van der Waals surface area contributed by atoms with Crippen molar-refractivity contribution in [3.8, 4) is 23.0 Å². The standard InChI is InChI=1S/C23H17NO2S2/c1-14-12-17-20(25-15-8-4-2-5-9-15)23-18(13-19(24)28-23)21(22(17)27-14)26-16-10-6-3-7-11-16/h2-13H,24H2,1H3. The maximum Gasteiger partial charge on any atom is 0.154 e. The zero-order valence-electron chi connectivity index (χ0n) is 15.1. The predicted octanol–water partition coefficient (Wildman–Crippen LogP) is 7.59. The molecule has 0 bridgehead atoms. The summed E-state index contributed by atoms with van der Waals surface area (Å²) in [6, 6.07) is 23.8. The van der Waals surface area contributed by atoms with Crippen LogP contribution in [0.1, 0.15) is 4.88 Å². The van der Waals surface area contributed by atoms with Crippen molar-refractivity contribution in [2.45, 2.75) is 6.92 Å². The smallest absolute Gasteiger partial charge is 0.154 e. The summed E-state index contributed by atoms with van der Waals surface area (Å²) in [6.07, 6.45) is 0. The highest BCUT2D eigenvalue weighted by molar-refractivity contribution is 7.24. The lowest BCUT2D eigenvalue weighted by atomic mass is 10.1. The number of hydrogen-bond acceptors (Lipinski definition) is 5. The Kier molecular flexibility index (Phi) is 4.19. The first kappa shape index (κ1) is 17.1. The summed E-state index contributed by atoms with van der Waals surface area (Å²) in [5.41, 5.74) is 6.19. The molecule has 0 atom stereocenters. The summed E-state index contributed by atoms with van der Waals surface area (Å²) in [6.45, 7) is 2.10. The van der Waals surface area contributed by atoms with Crippen molar-refractivity contribution in [3.63, 3.8) is 0 Å². The van der Waals surface area contributed by atoms with Crippen LogP contribution in [0.2, 0.25) is 0 Å². The van der Waals surface area contributed by atoms with Gasteiger partial charge in [-0.15, -0.1) is 22.7 Å². The fourth-order valence-electron chi connectivity index (χ4n) is 3.26. The fourth-order valence-corrected chi connectivity index (χ4v) is 5.18. The van der Waals surface area contributed by atoms with Gasteiger partial charge in [-0.2, -0.15) is 0 Å². The molecule has 0 spiro atoms. The van der Waals surface area contributed by atoms with Crippen molar-refractivity contribution in [1.29, 1.82) is 0 Å². The minimum atomic E-state index is 0.736. The second kappa shape index (κ2) is 6.86. The first-order chi connectivity index (χ1) is 13.7. The quantitative estimate of drug-likeness (QED) is 0.336. The van der Waals surface area contributed by atoms with E-state index in [0.29, 0.717) is 0 Å². The fraction of sp³-hybridized carbons (Fsp3) is 0.0435. The van der Waals surface area contributed by atoms with Crippen LogP contribution in [0.25, 0.3) is 20.2 Å². The minimum Gasteiger partial charge on any atom is -0.455 e. The van der Waals surface area contributed by atoms with Gasteiger partial charge in [0.2, 0.25) is 0 Å². The van der Waals surface area contributed by atoms with Gasteiger partial charge in [0, 0.05) is 15.6 Å². The van der Waals surface area contributed by atoms with Crippen molar-refractivity contribution in [2.24, 2.45) is 0 Å². The summed E-state index contributed by atoms with van der Waals surface area (Å²) in [7, 11) is 0. The number of para-hydroxylation sites is 2. The van der Waals surface area contributed by atoms with Crippen LogP contribution in [0.15, 0.2) is 72.8 Å². The molecule has 0 aliphatic heterocycles. The molecule has 0 aliphatic carbocycles. The van der Waals surface area contributed by atoms with Crippen molar-refractivity contribution in [1.82, 2.24) is 0 Å². The molecule has 5 rings (SSSR count). The van der Waals surface area contributed by atoms with E-state index in [2.05, 4.69) is 13.0 Å². The number of nitrogens with two attached hydrogens (primary N) is 1. The Morgan fingerprint density at radius 2 is 1.18 bits per heavy atom. The number of aryl methyl sites for hydroxylation is 1. The van der Waals surface area contributed by atoms with Gasteiger partial charge in [0.05, 0.1) is 14.4 Å². The number of thiophene rings is 2. The van der Waals surface area contributed by atoms with Crippen molar-refractivity contribution < 1.29 is 9.47 Å². The highest BCUT2D eigenvalue weighted by atomic mass is 32.1. The van der Waals surface area contributed by atoms with Gasteiger partial charge in [0.25, 0.3) is 0 Å². The highest BCUT2D eigenvalue weighted by Crippen LogP contribution is 2.51. The van der Waals surface area contributed by atoms with E-state index in [9.17, 15) is 0 Å². The molecule has 138 valence electrons. The van der Waals surface area contributed by atoms with Gasteiger partial charge < -0.3 is 15.2 Å². The van der Waals surface area contributed by atoms with E-state index in [4.69, 9.17) is 15.2 Å². The average Bonchev–Trinajstić information content (AvgIpc) is 3.28. The van der Waals surface area contributed by atoms with Gasteiger partial charge >= 0.3 is 0 Å². The van der Waals surface area contributed by atoms with E-state index in [-0.39, 0.29) is 0 Å². The molecule has 0 aliphatic rings. The second-order valence-electron chi connectivity index (χ2n) is 6.48. The molecule has 0 saturated carbocycles. The molecular formula is C23H17NO2S2. The Labute approximate surface area is 170 Å². The number of anilines is 1. The van der Waals surface area contributed by atoms with Crippen molar-refractivity contribution in [3.05, 3.63) is 77.7 Å². The summed E-state index contributed by atoms with van der Waals surface area (Å²) in [5.74, 6) is 3.28. The van der Waals surface area contributed by atoms with E-state index in [1.165, 1.54) is 16.2 Å². The van der Waals surface area contributed by atoms with Crippen LogP contribution in [0, 0.1) is 6.92 Å². The summed E-state index contributed by atoms with van der Waals surface area (Å²) >= 11 is 3.23. The monoisotopic (exact) mass is 403 g/mol. The van der Waals surface area contributed by atoms with Gasteiger partial charge in [-0.3, -0.25) is 0 Å². The van der Waals surface area contributed by atoms with Gasteiger partial charge in [0.1, 0.15) is 11.5 Å². The lowest BCUT2D eigenvalue weighted by Gasteiger charge is -2.13. The largest absolute Gasteiger partial charge is 0.455 e. The van der Waals surface area contributed by atoms with Crippen LogP contribution >= 0.6 is 22.7 Å². The molecule has 2 aromatic heterocycles. The van der Waals surface area contributed by atoms with Crippen LogP contribution in [0.5, 0.6) is 23.0 Å². The normalized spacial score (nSPS) is 11.2. The molecule has 0 fully saturated rings. The number of hydrogen-bond donors (Lipinski definition) is 1. The summed E-state index contributed by atoms with van der Waals surface area (Å²) in [5, 5.41) is 2.76. The topological polar surface area (TPSA) is 44.5 Å². The number of nitrogen functional groups attached to an aromatic ring is 1. The molecule has 5 heteroatoms. The van der Waals surface area contributed by atoms with Gasteiger partial charge in [-0.05, 0) is 43.3 Å². The minimum absolute atomic E-state index is 0.736. The van der Waals surface area contributed by atoms with Gasteiger partial charge in [0.15, 0.2) is 11.5 Å². The maximum absolute atomic E-state index is 6.34. The van der Waals surface area contributed by atoms with Crippen LogP contribution < -0.4 is 15.2 Å². The third kappa shape index (κ3) is 2.99. The molecule has 0 saturated heterocycles. The zero-order chi connectivity index (χ0) is 19.1. The number of rotatable bonds is 4. The SMILES string of the molecule is Cc1cc2c(Oc3ccccc3)c3sc(N)cc3c(Oc3ccccc3)c2s1. The molecule has 0 radical (unpaired) electrons. The molecule has 3 aromatic carbocycles. The molecule has 0 amide bonds. The number of fused-ring (bicyclic) bond motifs is 2. The van der Waals surface area contributed by atoms with E-state index in [1.807, 2.05) is 66.7 Å². The molecule has 3 nitrogen and oxygen atoms in total. The molecular weight excluding hydrogens is 386 g/mol. The zero-order valence-corrected chi connectivity index (χ0v) is 16.8. The first-order valence-corrected chi connectivity index (χ1v) is 10.5. The van der Waals surface area contributed by atoms with Gasteiger partial charge in [-0.25, -0.2) is 0 Å². The Hall–Kier alpha value is -3.02. The van der Waals surface area contributed by atoms with Crippen LogP contribution in [-0.2, 0) is 0 Å².